The number of carbonyl (C=O) groups is 1. The fourth-order valence-electron chi connectivity index (χ4n) is 2.67. The van der Waals surface area contributed by atoms with Gasteiger partial charge < -0.3 is 14.4 Å². The normalized spacial score (nSPS) is 22.1. The zero-order valence-corrected chi connectivity index (χ0v) is 12.0. The van der Waals surface area contributed by atoms with Crippen LogP contribution in [0.2, 0.25) is 0 Å². The molecule has 1 amide bonds. The molecule has 0 unspecified atom stereocenters. The van der Waals surface area contributed by atoms with Gasteiger partial charge in [0.05, 0.1) is 18.1 Å². The van der Waals surface area contributed by atoms with Crippen LogP contribution in [0.5, 0.6) is 0 Å². The van der Waals surface area contributed by atoms with E-state index in [1.54, 1.807) is 11.3 Å². The Morgan fingerprint density at radius 3 is 2.58 bits per heavy atom. The predicted molar refractivity (Wildman–Crippen MR) is 73.5 cm³/mol. The molecule has 19 heavy (non-hydrogen) atoms. The molecule has 104 valence electrons. The van der Waals surface area contributed by atoms with Gasteiger partial charge in [0.15, 0.2) is 5.79 Å². The molecule has 2 fully saturated rings. The van der Waals surface area contributed by atoms with Crippen LogP contribution in [-0.2, 0) is 15.9 Å². The van der Waals surface area contributed by atoms with Crippen molar-refractivity contribution in [1.82, 2.24) is 4.90 Å². The zero-order valence-electron chi connectivity index (χ0n) is 11.2. The number of carbonyl (C=O) groups excluding carboxylic acids is 1. The molecular formula is C14H19NO3S. The largest absolute Gasteiger partial charge is 0.347 e. The Kier molecular flexibility index (Phi) is 3.60. The molecular weight excluding hydrogens is 262 g/mol. The first-order chi connectivity index (χ1) is 9.22. The first-order valence-corrected chi connectivity index (χ1v) is 7.70. The highest BCUT2D eigenvalue weighted by atomic mass is 32.1. The lowest BCUT2D eigenvalue weighted by atomic mass is 10.0. The summed E-state index contributed by atoms with van der Waals surface area (Å²) in [6.07, 6.45) is 2.55. The van der Waals surface area contributed by atoms with Gasteiger partial charge in [-0.1, -0.05) is 6.92 Å². The quantitative estimate of drug-likeness (QED) is 0.835. The van der Waals surface area contributed by atoms with Crippen LogP contribution < -0.4 is 0 Å². The summed E-state index contributed by atoms with van der Waals surface area (Å²) >= 11 is 1.60. The molecule has 2 aliphatic heterocycles. The third-order valence-corrected chi connectivity index (χ3v) is 5.06. The molecule has 5 heteroatoms. The number of amides is 1. The lowest BCUT2D eigenvalue weighted by molar-refractivity contribution is -0.181. The number of hydrogen-bond donors (Lipinski definition) is 0. The van der Waals surface area contributed by atoms with E-state index in [-0.39, 0.29) is 5.91 Å². The summed E-state index contributed by atoms with van der Waals surface area (Å²) in [4.78, 5) is 16.4. The number of rotatable bonds is 2. The summed E-state index contributed by atoms with van der Waals surface area (Å²) in [5.74, 6) is -0.251. The van der Waals surface area contributed by atoms with Crippen LogP contribution in [0.25, 0.3) is 0 Å². The smallest absolute Gasteiger partial charge is 0.263 e. The van der Waals surface area contributed by atoms with Crippen molar-refractivity contribution in [3.8, 4) is 0 Å². The second-order valence-corrected chi connectivity index (χ2v) is 6.19. The summed E-state index contributed by atoms with van der Waals surface area (Å²) in [7, 11) is 0. The summed E-state index contributed by atoms with van der Waals surface area (Å²) in [5, 5.41) is 0. The maximum atomic E-state index is 12.4. The van der Waals surface area contributed by atoms with E-state index in [9.17, 15) is 4.79 Å². The van der Waals surface area contributed by atoms with Crippen molar-refractivity contribution >= 4 is 17.2 Å². The van der Waals surface area contributed by atoms with Crippen molar-refractivity contribution in [3.05, 3.63) is 21.9 Å². The first-order valence-electron chi connectivity index (χ1n) is 6.88. The molecule has 0 bridgehead atoms. The predicted octanol–water partition coefficient (Wildman–Crippen LogP) is 2.29. The summed E-state index contributed by atoms with van der Waals surface area (Å²) in [6, 6.07) is 3.99. The molecule has 0 saturated carbocycles. The number of nitrogens with zero attached hydrogens (tertiary/aromatic N) is 1. The maximum Gasteiger partial charge on any atom is 0.263 e. The Morgan fingerprint density at radius 1 is 1.32 bits per heavy atom. The second kappa shape index (κ2) is 5.23. The molecule has 1 aromatic rings. The van der Waals surface area contributed by atoms with Crippen molar-refractivity contribution in [3.63, 3.8) is 0 Å². The minimum atomic E-state index is -0.402. The van der Waals surface area contributed by atoms with Gasteiger partial charge >= 0.3 is 0 Å². The zero-order chi connectivity index (χ0) is 13.3. The molecule has 1 aromatic heterocycles. The van der Waals surface area contributed by atoms with Gasteiger partial charge in [-0.25, -0.2) is 0 Å². The van der Waals surface area contributed by atoms with Crippen LogP contribution in [0.15, 0.2) is 12.1 Å². The molecule has 3 heterocycles. The van der Waals surface area contributed by atoms with Crippen molar-refractivity contribution in [1.29, 1.82) is 0 Å². The molecule has 1 spiro atoms. The number of thiophene rings is 1. The van der Waals surface area contributed by atoms with Crippen LogP contribution in [-0.4, -0.2) is 42.9 Å². The van der Waals surface area contributed by atoms with E-state index >= 15 is 0 Å². The van der Waals surface area contributed by atoms with Gasteiger partial charge in [0, 0.05) is 30.8 Å². The second-order valence-electron chi connectivity index (χ2n) is 5.02. The molecule has 0 N–H and O–H groups in total. The molecule has 0 atom stereocenters. The van der Waals surface area contributed by atoms with Gasteiger partial charge in [-0.3, -0.25) is 4.79 Å². The summed E-state index contributed by atoms with van der Waals surface area (Å²) in [5.41, 5.74) is 0. The van der Waals surface area contributed by atoms with E-state index in [4.69, 9.17) is 9.47 Å². The van der Waals surface area contributed by atoms with Crippen molar-refractivity contribution in [2.24, 2.45) is 0 Å². The van der Waals surface area contributed by atoms with Crippen LogP contribution >= 0.6 is 11.3 Å². The summed E-state index contributed by atoms with van der Waals surface area (Å²) < 4.78 is 11.4. The monoisotopic (exact) mass is 281 g/mol. The van der Waals surface area contributed by atoms with Gasteiger partial charge in [-0.15, -0.1) is 11.3 Å². The fourth-order valence-corrected chi connectivity index (χ4v) is 3.59. The highest BCUT2D eigenvalue weighted by Crippen LogP contribution is 2.32. The molecule has 0 aromatic carbocycles. The average molecular weight is 281 g/mol. The van der Waals surface area contributed by atoms with Gasteiger partial charge in [-0.2, -0.15) is 0 Å². The highest BCUT2D eigenvalue weighted by molar-refractivity contribution is 7.14. The van der Waals surface area contributed by atoms with Crippen molar-refractivity contribution in [2.45, 2.75) is 32.0 Å². The molecule has 4 nitrogen and oxygen atoms in total. The Hall–Kier alpha value is -0.910. The Labute approximate surface area is 117 Å². The highest BCUT2D eigenvalue weighted by Gasteiger charge is 2.40. The van der Waals surface area contributed by atoms with E-state index in [1.165, 1.54) is 4.88 Å². The molecule has 3 rings (SSSR count). The molecule has 0 radical (unpaired) electrons. The number of piperidine rings is 1. The molecule has 2 saturated heterocycles. The SMILES string of the molecule is CCc1ccc(C(=O)N2CCC3(CC2)OCCO3)s1. The molecule has 0 aliphatic carbocycles. The number of hydrogen-bond acceptors (Lipinski definition) is 4. The summed E-state index contributed by atoms with van der Waals surface area (Å²) in [6.45, 7) is 4.91. The number of ether oxygens (including phenoxy) is 2. The van der Waals surface area contributed by atoms with E-state index in [1.807, 2.05) is 17.0 Å². The topological polar surface area (TPSA) is 38.8 Å². The van der Waals surface area contributed by atoms with E-state index < -0.39 is 5.79 Å². The van der Waals surface area contributed by atoms with Gasteiger partial charge in [-0.05, 0) is 18.6 Å². The number of likely N-dealkylation sites (tertiary alicyclic amines) is 1. The Morgan fingerprint density at radius 2 is 2.00 bits per heavy atom. The lowest BCUT2D eigenvalue weighted by Crippen LogP contribution is -2.47. The third kappa shape index (κ3) is 2.55. The van der Waals surface area contributed by atoms with Crippen LogP contribution in [0.4, 0.5) is 0 Å². The van der Waals surface area contributed by atoms with E-state index in [2.05, 4.69) is 6.92 Å². The Balaban J connectivity index is 1.63. The van der Waals surface area contributed by atoms with Crippen LogP contribution in [0.3, 0.4) is 0 Å². The van der Waals surface area contributed by atoms with Crippen molar-refractivity contribution < 1.29 is 14.3 Å². The van der Waals surface area contributed by atoms with Gasteiger partial charge in [0.2, 0.25) is 0 Å². The van der Waals surface area contributed by atoms with Gasteiger partial charge in [0.25, 0.3) is 5.91 Å². The fraction of sp³-hybridized carbons (Fsp3) is 0.643. The number of aryl methyl sites for hydroxylation is 1. The van der Waals surface area contributed by atoms with Crippen LogP contribution in [0, 0.1) is 0 Å². The van der Waals surface area contributed by atoms with E-state index in [0.29, 0.717) is 13.2 Å². The lowest BCUT2D eigenvalue weighted by Gasteiger charge is -2.37. The van der Waals surface area contributed by atoms with Gasteiger partial charge in [0.1, 0.15) is 0 Å². The Bertz CT molecular complexity index is 455. The average Bonchev–Trinajstić information content (AvgIpc) is 3.08. The van der Waals surface area contributed by atoms with Crippen molar-refractivity contribution in [2.75, 3.05) is 26.3 Å². The van der Waals surface area contributed by atoms with E-state index in [0.717, 1.165) is 37.2 Å². The third-order valence-electron chi connectivity index (χ3n) is 3.85. The minimum absolute atomic E-state index is 0.151. The first kappa shape index (κ1) is 13.1. The maximum absolute atomic E-state index is 12.4. The standard InChI is InChI=1S/C14H19NO3S/c1-2-11-3-4-12(19-11)13(16)15-7-5-14(6-8-15)17-9-10-18-14/h3-4H,2,5-10H2,1H3. The minimum Gasteiger partial charge on any atom is -0.347 e. The van der Waals surface area contributed by atoms with Crippen LogP contribution in [0.1, 0.15) is 34.3 Å². The molecule has 2 aliphatic rings.